The summed E-state index contributed by atoms with van der Waals surface area (Å²) in [5, 5.41) is 3.06. The molecule has 26 heavy (non-hydrogen) atoms. The molecule has 1 atom stereocenters. The summed E-state index contributed by atoms with van der Waals surface area (Å²) in [5.74, 6) is 0.767. The third-order valence-corrected chi connectivity index (χ3v) is 5.50. The van der Waals surface area contributed by atoms with E-state index in [2.05, 4.69) is 54.4 Å². The molecule has 0 radical (unpaired) electrons. The van der Waals surface area contributed by atoms with Crippen LogP contribution in [0.4, 0.5) is 5.69 Å². The van der Waals surface area contributed by atoms with Crippen LogP contribution in [0.25, 0.3) is 0 Å². The molecule has 1 heterocycles. The number of hydrogen-bond donors (Lipinski definition) is 1. The van der Waals surface area contributed by atoms with Gasteiger partial charge in [0, 0.05) is 30.9 Å². The lowest BCUT2D eigenvalue weighted by Gasteiger charge is -2.32. The Balaban J connectivity index is 1.61. The molecule has 0 unspecified atom stereocenters. The first-order chi connectivity index (χ1) is 12.4. The van der Waals surface area contributed by atoms with Crippen LogP contribution < -0.4 is 10.2 Å². The largest absolute Gasteiger partial charge is 0.371 e. The summed E-state index contributed by atoms with van der Waals surface area (Å²) in [5.41, 5.74) is 6.60. The number of anilines is 1. The Labute approximate surface area is 157 Å². The number of carbonyl (C=O) groups excluding carboxylic acids is 1. The topological polar surface area (TPSA) is 32.3 Å². The molecule has 138 valence electrons. The maximum atomic E-state index is 12.5. The Kier molecular flexibility index (Phi) is 5.65. The molecule has 1 aliphatic heterocycles. The molecule has 0 aliphatic carbocycles. The van der Waals surface area contributed by atoms with Gasteiger partial charge in [-0.2, -0.15) is 0 Å². The summed E-state index contributed by atoms with van der Waals surface area (Å²) in [6, 6.07) is 12.7. The van der Waals surface area contributed by atoms with Crippen LogP contribution in [0.15, 0.2) is 36.4 Å². The minimum absolute atomic E-state index is 0.000433. The lowest BCUT2D eigenvalue weighted by atomic mass is 9.99. The van der Waals surface area contributed by atoms with Crippen LogP contribution in [-0.2, 0) is 6.54 Å². The van der Waals surface area contributed by atoms with Crippen LogP contribution in [0.2, 0.25) is 0 Å². The third-order valence-electron chi connectivity index (χ3n) is 5.50. The van der Waals surface area contributed by atoms with Gasteiger partial charge in [0.1, 0.15) is 0 Å². The highest BCUT2D eigenvalue weighted by Gasteiger charge is 2.16. The highest BCUT2D eigenvalue weighted by atomic mass is 16.1. The van der Waals surface area contributed by atoms with Crippen LogP contribution in [-0.4, -0.2) is 19.0 Å². The fraction of sp³-hybridized carbons (Fsp3) is 0.435. The molecule has 0 aromatic heterocycles. The zero-order chi connectivity index (χ0) is 18.7. The SMILES string of the molecule is Cc1cc(C)c(C(=O)NCc2ccc(N3CCC[C@H](C)C3)cc2)cc1C. The van der Waals surface area contributed by atoms with E-state index in [0.29, 0.717) is 6.54 Å². The first-order valence-corrected chi connectivity index (χ1v) is 9.64. The molecule has 1 N–H and O–H groups in total. The van der Waals surface area contributed by atoms with Crippen molar-refractivity contribution >= 4 is 11.6 Å². The molecule has 0 spiro atoms. The fourth-order valence-electron chi connectivity index (χ4n) is 3.73. The van der Waals surface area contributed by atoms with Crippen molar-refractivity contribution in [3.05, 3.63) is 64.2 Å². The van der Waals surface area contributed by atoms with Crippen LogP contribution in [0.3, 0.4) is 0 Å². The zero-order valence-electron chi connectivity index (χ0n) is 16.4. The molecule has 2 aromatic carbocycles. The van der Waals surface area contributed by atoms with Gasteiger partial charge in [-0.05, 0) is 80.0 Å². The fourth-order valence-corrected chi connectivity index (χ4v) is 3.73. The van der Waals surface area contributed by atoms with E-state index in [1.54, 1.807) is 0 Å². The second-order valence-electron chi connectivity index (χ2n) is 7.79. The molecule has 0 saturated carbocycles. The Morgan fingerprint density at radius 1 is 1.08 bits per heavy atom. The molecular formula is C23H30N2O. The molecule has 1 amide bonds. The molecule has 1 aliphatic rings. The van der Waals surface area contributed by atoms with Crippen LogP contribution >= 0.6 is 0 Å². The number of aryl methyl sites for hydroxylation is 3. The molecular weight excluding hydrogens is 320 g/mol. The van der Waals surface area contributed by atoms with Crippen LogP contribution in [0.5, 0.6) is 0 Å². The number of nitrogens with one attached hydrogen (secondary N) is 1. The van der Waals surface area contributed by atoms with Crippen molar-refractivity contribution in [2.24, 2.45) is 5.92 Å². The zero-order valence-corrected chi connectivity index (χ0v) is 16.4. The minimum atomic E-state index is -0.000433. The van der Waals surface area contributed by atoms with Gasteiger partial charge in [0.25, 0.3) is 5.91 Å². The maximum absolute atomic E-state index is 12.5. The van der Waals surface area contributed by atoms with Gasteiger partial charge in [0.05, 0.1) is 0 Å². The minimum Gasteiger partial charge on any atom is -0.371 e. The molecule has 1 fully saturated rings. The van der Waals surface area contributed by atoms with E-state index in [1.807, 2.05) is 19.9 Å². The number of hydrogen-bond acceptors (Lipinski definition) is 2. The smallest absolute Gasteiger partial charge is 0.251 e. The van der Waals surface area contributed by atoms with Crippen molar-refractivity contribution in [3.8, 4) is 0 Å². The van der Waals surface area contributed by atoms with E-state index in [4.69, 9.17) is 0 Å². The standard InChI is InChI=1S/C23H30N2O/c1-16-6-5-11-25(15-16)21-9-7-20(8-10-21)14-24-23(26)22-13-18(3)17(2)12-19(22)4/h7-10,12-13,16H,5-6,11,14-15H2,1-4H3,(H,24,26)/t16-/m0/s1. The van der Waals surface area contributed by atoms with Crippen molar-refractivity contribution in [3.63, 3.8) is 0 Å². The molecule has 3 nitrogen and oxygen atoms in total. The van der Waals surface area contributed by atoms with E-state index in [1.165, 1.54) is 24.1 Å². The lowest BCUT2D eigenvalue weighted by Crippen LogP contribution is -2.34. The van der Waals surface area contributed by atoms with Gasteiger partial charge in [0.15, 0.2) is 0 Å². The molecule has 3 rings (SSSR count). The van der Waals surface area contributed by atoms with E-state index in [9.17, 15) is 4.79 Å². The maximum Gasteiger partial charge on any atom is 0.251 e. The van der Waals surface area contributed by atoms with Gasteiger partial charge in [-0.25, -0.2) is 0 Å². The van der Waals surface area contributed by atoms with Crippen molar-refractivity contribution in [2.45, 2.75) is 47.1 Å². The number of carbonyl (C=O) groups is 1. The third kappa shape index (κ3) is 4.27. The first kappa shape index (κ1) is 18.5. The lowest BCUT2D eigenvalue weighted by molar-refractivity contribution is 0.0950. The Hall–Kier alpha value is -2.29. The van der Waals surface area contributed by atoms with Gasteiger partial charge in [-0.3, -0.25) is 4.79 Å². The van der Waals surface area contributed by atoms with Crippen LogP contribution in [0, 0.1) is 26.7 Å². The Morgan fingerprint density at radius 2 is 1.77 bits per heavy atom. The second-order valence-corrected chi connectivity index (χ2v) is 7.79. The second kappa shape index (κ2) is 7.94. The summed E-state index contributed by atoms with van der Waals surface area (Å²) in [6.07, 6.45) is 2.60. The van der Waals surface area contributed by atoms with Crippen molar-refractivity contribution < 1.29 is 4.79 Å². The summed E-state index contributed by atoms with van der Waals surface area (Å²) in [4.78, 5) is 15.0. The average Bonchev–Trinajstić information content (AvgIpc) is 2.63. The van der Waals surface area contributed by atoms with E-state index >= 15 is 0 Å². The average molecular weight is 351 g/mol. The normalized spacial score (nSPS) is 17.2. The van der Waals surface area contributed by atoms with E-state index < -0.39 is 0 Å². The Bertz CT molecular complexity index is 780. The quantitative estimate of drug-likeness (QED) is 0.861. The number of piperidine rings is 1. The predicted octanol–water partition coefficient (Wildman–Crippen LogP) is 4.78. The highest BCUT2D eigenvalue weighted by Crippen LogP contribution is 2.23. The number of benzene rings is 2. The first-order valence-electron chi connectivity index (χ1n) is 9.64. The predicted molar refractivity (Wildman–Crippen MR) is 109 cm³/mol. The van der Waals surface area contributed by atoms with Gasteiger partial charge >= 0.3 is 0 Å². The van der Waals surface area contributed by atoms with E-state index in [-0.39, 0.29) is 5.91 Å². The Morgan fingerprint density at radius 3 is 2.46 bits per heavy atom. The number of amides is 1. The highest BCUT2D eigenvalue weighted by molar-refractivity contribution is 5.95. The van der Waals surface area contributed by atoms with Crippen LogP contribution in [0.1, 0.15) is 52.4 Å². The summed E-state index contributed by atoms with van der Waals surface area (Å²) in [6.45, 7) is 11.3. The van der Waals surface area contributed by atoms with Gasteiger partial charge in [0.2, 0.25) is 0 Å². The summed E-state index contributed by atoms with van der Waals surface area (Å²) < 4.78 is 0. The van der Waals surface area contributed by atoms with Crippen molar-refractivity contribution in [1.29, 1.82) is 0 Å². The molecule has 2 aromatic rings. The van der Waals surface area contributed by atoms with Crippen molar-refractivity contribution in [2.75, 3.05) is 18.0 Å². The number of rotatable bonds is 4. The summed E-state index contributed by atoms with van der Waals surface area (Å²) >= 11 is 0. The summed E-state index contributed by atoms with van der Waals surface area (Å²) in [7, 11) is 0. The van der Waals surface area contributed by atoms with Gasteiger partial charge < -0.3 is 10.2 Å². The van der Waals surface area contributed by atoms with Gasteiger partial charge in [-0.1, -0.05) is 25.1 Å². The molecule has 1 saturated heterocycles. The van der Waals surface area contributed by atoms with E-state index in [0.717, 1.165) is 41.3 Å². The monoisotopic (exact) mass is 350 g/mol. The van der Waals surface area contributed by atoms with Crippen molar-refractivity contribution in [1.82, 2.24) is 5.32 Å². The number of nitrogens with zero attached hydrogens (tertiary/aromatic N) is 1. The molecule has 3 heteroatoms. The molecule has 0 bridgehead atoms. The van der Waals surface area contributed by atoms with Gasteiger partial charge in [-0.15, -0.1) is 0 Å².